The van der Waals surface area contributed by atoms with Gasteiger partial charge in [0, 0.05) is 12.4 Å². The lowest BCUT2D eigenvalue weighted by Crippen LogP contribution is -1.90. The minimum atomic E-state index is 0.0343. The van der Waals surface area contributed by atoms with Crippen LogP contribution in [0.3, 0.4) is 0 Å². The van der Waals surface area contributed by atoms with E-state index in [0.29, 0.717) is 0 Å². The summed E-state index contributed by atoms with van der Waals surface area (Å²) in [5, 5.41) is 9.07. The Morgan fingerprint density at radius 3 is 2.25 bits per heavy atom. The molecule has 0 atom stereocenters. The second-order valence-electron chi connectivity index (χ2n) is 3.40. The molecule has 0 spiro atoms. The Labute approximate surface area is 94.9 Å². The highest BCUT2D eigenvalue weighted by Crippen LogP contribution is 2.22. The van der Waals surface area contributed by atoms with E-state index in [1.165, 1.54) is 0 Å². The van der Waals surface area contributed by atoms with Crippen LogP contribution < -0.4 is 0 Å². The lowest BCUT2D eigenvalue weighted by atomic mass is 9.99. The lowest BCUT2D eigenvalue weighted by molar-refractivity contribution is 0.343. The first-order valence-corrected chi connectivity index (χ1v) is 5.18. The normalized spacial score (nSPS) is 11.4. The molecule has 0 radical (unpaired) electrons. The van der Waals surface area contributed by atoms with Crippen LogP contribution in [0, 0.1) is 0 Å². The first-order valence-electron chi connectivity index (χ1n) is 5.18. The molecular formula is C14H13NO. The van der Waals surface area contributed by atoms with Crippen molar-refractivity contribution in [2.45, 2.75) is 0 Å². The number of aromatic nitrogens is 1. The summed E-state index contributed by atoms with van der Waals surface area (Å²) in [4.78, 5) is 3.99. The largest absolute Gasteiger partial charge is 0.392 e. The third-order valence-corrected chi connectivity index (χ3v) is 2.37. The molecule has 1 N–H and O–H groups in total. The maximum atomic E-state index is 9.07. The molecule has 2 rings (SSSR count). The first-order chi connectivity index (χ1) is 7.92. The molecule has 1 aromatic heterocycles. The number of nitrogens with zero attached hydrogens (tertiary/aromatic N) is 1. The topological polar surface area (TPSA) is 33.1 Å². The van der Waals surface area contributed by atoms with E-state index in [0.717, 1.165) is 16.7 Å². The Hall–Kier alpha value is -1.93. The summed E-state index contributed by atoms with van der Waals surface area (Å²) in [6.45, 7) is 0.0343. The average molecular weight is 211 g/mol. The molecule has 0 amide bonds. The van der Waals surface area contributed by atoms with E-state index in [2.05, 4.69) is 4.98 Å². The molecule has 2 aromatic rings. The number of hydrogen-bond acceptors (Lipinski definition) is 2. The van der Waals surface area contributed by atoms with Gasteiger partial charge in [-0.25, -0.2) is 0 Å². The fourth-order valence-electron chi connectivity index (χ4n) is 1.64. The monoisotopic (exact) mass is 211 g/mol. The molecule has 0 aliphatic carbocycles. The molecule has 16 heavy (non-hydrogen) atoms. The Bertz CT molecular complexity index is 421. The molecule has 0 fully saturated rings. The molecule has 0 unspecified atom stereocenters. The summed E-state index contributed by atoms with van der Waals surface area (Å²) >= 11 is 0. The van der Waals surface area contributed by atoms with Crippen LogP contribution in [0.4, 0.5) is 0 Å². The van der Waals surface area contributed by atoms with Crippen molar-refractivity contribution in [3.63, 3.8) is 0 Å². The number of aliphatic hydroxyl groups is 1. The fraction of sp³-hybridized carbons (Fsp3) is 0.0714. The highest BCUT2D eigenvalue weighted by atomic mass is 16.2. The quantitative estimate of drug-likeness (QED) is 0.846. The molecule has 0 saturated heterocycles. The Morgan fingerprint density at radius 2 is 1.62 bits per heavy atom. The summed E-state index contributed by atoms with van der Waals surface area (Å²) < 4.78 is 0. The van der Waals surface area contributed by atoms with E-state index in [-0.39, 0.29) is 6.61 Å². The molecule has 1 aromatic carbocycles. The molecule has 0 aliphatic heterocycles. The van der Waals surface area contributed by atoms with E-state index in [1.54, 1.807) is 12.4 Å². The van der Waals surface area contributed by atoms with E-state index >= 15 is 0 Å². The van der Waals surface area contributed by atoms with Crippen molar-refractivity contribution in [2.24, 2.45) is 0 Å². The van der Waals surface area contributed by atoms with Crippen LogP contribution in [0.25, 0.3) is 5.57 Å². The number of hydrogen-bond donors (Lipinski definition) is 1. The Morgan fingerprint density at radius 1 is 1.00 bits per heavy atom. The minimum absolute atomic E-state index is 0.0343. The average Bonchev–Trinajstić information content (AvgIpc) is 2.38. The molecule has 0 saturated carbocycles. The van der Waals surface area contributed by atoms with Gasteiger partial charge >= 0.3 is 0 Å². The van der Waals surface area contributed by atoms with Crippen molar-refractivity contribution in [3.05, 3.63) is 72.1 Å². The van der Waals surface area contributed by atoms with Gasteiger partial charge in [0.1, 0.15) is 0 Å². The van der Waals surface area contributed by atoms with Gasteiger partial charge in [-0.05, 0) is 28.8 Å². The van der Waals surface area contributed by atoms with Crippen LogP contribution in [0.5, 0.6) is 0 Å². The molecule has 0 aliphatic rings. The van der Waals surface area contributed by atoms with Crippen molar-refractivity contribution < 1.29 is 5.11 Å². The third-order valence-electron chi connectivity index (χ3n) is 2.37. The van der Waals surface area contributed by atoms with Crippen molar-refractivity contribution in [1.82, 2.24) is 4.98 Å². The van der Waals surface area contributed by atoms with E-state index in [4.69, 9.17) is 5.11 Å². The van der Waals surface area contributed by atoms with Crippen LogP contribution >= 0.6 is 0 Å². The van der Waals surface area contributed by atoms with E-state index in [9.17, 15) is 0 Å². The highest BCUT2D eigenvalue weighted by molar-refractivity contribution is 5.79. The van der Waals surface area contributed by atoms with Crippen LogP contribution in [0.1, 0.15) is 11.1 Å². The lowest BCUT2D eigenvalue weighted by Gasteiger charge is -2.07. The van der Waals surface area contributed by atoms with E-state index < -0.39 is 0 Å². The number of aliphatic hydroxyl groups excluding tert-OH is 1. The van der Waals surface area contributed by atoms with Crippen LogP contribution in [-0.4, -0.2) is 16.7 Å². The van der Waals surface area contributed by atoms with Gasteiger partial charge < -0.3 is 5.11 Å². The third kappa shape index (κ3) is 2.35. The van der Waals surface area contributed by atoms with Crippen molar-refractivity contribution >= 4 is 5.57 Å². The van der Waals surface area contributed by atoms with Gasteiger partial charge in [0.25, 0.3) is 0 Å². The summed E-state index contributed by atoms with van der Waals surface area (Å²) in [6, 6.07) is 13.9. The van der Waals surface area contributed by atoms with Gasteiger partial charge in [0.05, 0.1) is 6.61 Å². The van der Waals surface area contributed by atoms with Crippen LogP contribution in [0.15, 0.2) is 60.9 Å². The first kappa shape index (κ1) is 10.6. The summed E-state index contributed by atoms with van der Waals surface area (Å²) in [5.41, 5.74) is 3.20. The summed E-state index contributed by atoms with van der Waals surface area (Å²) in [6.07, 6.45) is 5.32. The van der Waals surface area contributed by atoms with Crippen LogP contribution in [0.2, 0.25) is 0 Å². The molecule has 1 heterocycles. The van der Waals surface area contributed by atoms with Gasteiger partial charge in [0.2, 0.25) is 0 Å². The van der Waals surface area contributed by atoms with Gasteiger partial charge in [-0.2, -0.15) is 0 Å². The zero-order chi connectivity index (χ0) is 11.2. The van der Waals surface area contributed by atoms with Crippen molar-refractivity contribution in [2.75, 3.05) is 6.61 Å². The Balaban J connectivity index is 2.44. The Kier molecular flexibility index (Phi) is 3.46. The van der Waals surface area contributed by atoms with Gasteiger partial charge in [-0.3, -0.25) is 4.98 Å². The highest BCUT2D eigenvalue weighted by Gasteiger charge is 2.02. The number of pyridine rings is 1. The predicted octanol–water partition coefficient (Wildman–Crippen LogP) is 2.51. The predicted molar refractivity (Wildman–Crippen MR) is 64.8 cm³/mol. The second kappa shape index (κ2) is 5.24. The minimum Gasteiger partial charge on any atom is -0.392 e. The number of rotatable bonds is 3. The maximum Gasteiger partial charge on any atom is 0.0621 e. The second-order valence-corrected chi connectivity index (χ2v) is 3.40. The van der Waals surface area contributed by atoms with Gasteiger partial charge in [-0.15, -0.1) is 0 Å². The molecular weight excluding hydrogens is 198 g/mol. The standard InChI is InChI=1S/C14H13NO/c16-11-8-14(12-4-2-1-3-5-12)13-6-9-15-10-7-13/h1-10,16H,11H2. The van der Waals surface area contributed by atoms with Crippen molar-refractivity contribution in [3.8, 4) is 0 Å². The number of benzene rings is 1. The SMILES string of the molecule is OCC=C(c1ccccc1)c1ccncc1. The van der Waals surface area contributed by atoms with Crippen LogP contribution in [-0.2, 0) is 0 Å². The summed E-state index contributed by atoms with van der Waals surface area (Å²) in [7, 11) is 0. The molecule has 0 bridgehead atoms. The molecule has 2 nitrogen and oxygen atoms in total. The molecule has 2 heteroatoms. The van der Waals surface area contributed by atoms with Gasteiger partial charge in [0.15, 0.2) is 0 Å². The maximum absolute atomic E-state index is 9.07. The van der Waals surface area contributed by atoms with Gasteiger partial charge in [-0.1, -0.05) is 36.4 Å². The molecule has 80 valence electrons. The fourth-order valence-corrected chi connectivity index (χ4v) is 1.64. The smallest absolute Gasteiger partial charge is 0.0621 e. The zero-order valence-electron chi connectivity index (χ0n) is 8.88. The zero-order valence-corrected chi connectivity index (χ0v) is 8.88. The van der Waals surface area contributed by atoms with E-state index in [1.807, 2.05) is 48.5 Å². The summed E-state index contributed by atoms with van der Waals surface area (Å²) in [5.74, 6) is 0. The van der Waals surface area contributed by atoms with Crippen molar-refractivity contribution in [1.29, 1.82) is 0 Å².